The van der Waals surface area contributed by atoms with Crippen molar-refractivity contribution in [3.8, 4) is 12.3 Å². The molecule has 0 bridgehead atoms. The molecular formula is C13H16N2OS. The molecule has 0 aliphatic heterocycles. The molecule has 0 fully saturated rings. The lowest BCUT2D eigenvalue weighted by Gasteiger charge is -2.22. The monoisotopic (exact) mass is 248 g/mol. The van der Waals surface area contributed by atoms with Gasteiger partial charge in [0.15, 0.2) is 0 Å². The molecule has 1 aromatic rings. The smallest absolute Gasteiger partial charge is 0.268 e. The Morgan fingerprint density at radius 3 is 2.76 bits per heavy atom. The van der Waals surface area contributed by atoms with Gasteiger partial charge in [0, 0.05) is 17.9 Å². The van der Waals surface area contributed by atoms with Crippen molar-refractivity contribution >= 4 is 17.7 Å². The van der Waals surface area contributed by atoms with Crippen molar-refractivity contribution in [2.75, 3.05) is 25.1 Å². The maximum absolute atomic E-state index is 12.1. The lowest BCUT2D eigenvalue weighted by atomic mass is 10.2. The fraction of sp³-hybridized carbons (Fsp3) is 0.308. The van der Waals surface area contributed by atoms with Crippen molar-refractivity contribution in [1.29, 1.82) is 0 Å². The van der Waals surface area contributed by atoms with Crippen LogP contribution in [-0.2, 0) is 0 Å². The van der Waals surface area contributed by atoms with Crippen LogP contribution in [0.2, 0.25) is 0 Å². The maximum Gasteiger partial charge on any atom is 0.268 e. The molecule has 17 heavy (non-hydrogen) atoms. The van der Waals surface area contributed by atoms with Crippen molar-refractivity contribution in [2.45, 2.75) is 0 Å². The van der Waals surface area contributed by atoms with E-state index in [2.05, 4.69) is 11.3 Å². The third-order valence-corrected chi connectivity index (χ3v) is 2.75. The van der Waals surface area contributed by atoms with Crippen molar-refractivity contribution in [1.82, 2.24) is 10.4 Å². The number of carbonyl (C=O) groups is 1. The van der Waals surface area contributed by atoms with Crippen LogP contribution < -0.4 is 5.43 Å². The minimum absolute atomic E-state index is 0.0464. The number of terminal acetylenes is 1. The summed E-state index contributed by atoms with van der Waals surface area (Å²) in [4.78, 5) is 12.1. The van der Waals surface area contributed by atoms with E-state index in [-0.39, 0.29) is 5.91 Å². The Bertz CT molecular complexity index is 386. The van der Waals surface area contributed by atoms with Gasteiger partial charge in [-0.3, -0.25) is 9.80 Å². The molecule has 0 atom stereocenters. The normalized spacial score (nSPS) is 9.65. The van der Waals surface area contributed by atoms with Crippen LogP contribution in [0.15, 0.2) is 30.3 Å². The van der Waals surface area contributed by atoms with Gasteiger partial charge >= 0.3 is 0 Å². The predicted octanol–water partition coefficient (Wildman–Crippen LogP) is 1.63. The fourth-order valence-corrected chi connectivity index (χ4v) is 1.68. The molecule has 1 amide bonds. The highest BCUT2D eigenvalue weighted by Crippen LogP contribution is 2.04. The average Bonchev–Trinajstić information content (AvgIpc) is 2.39. The van der Waals surface area contributed by atoms with Gasteiger partial charge in [0.05, 0.1) is 6.54 Å². The van der Waals surface area contributed by atoms with E-state index in [0.29, 0.717) is 18.7 Å². The van der Waals surface area contributed by atoms with Crippen LogP contribution in [0.1, 0.15) is 10.4 Å². The second-order valence-corrected chi connectivity index (χ2v) is 4.34. The third-order valence-electron chi connectivity index (χ3n) is 2.16. The molecule has 1 aromatic carbocycles. The molecule has 0 radical (unpaired) electrons. The summed E-state index contributed by atoms with van der Waals surface area (Å²) in [6.45, 7) is 0.990. The first-order chi connectivity index (χ1) is 8.29. The van der Waals surface area contributed by atoms with E-state index in [1.807, 2.05) is 24.5 Å². The summed E-state index contributed by atoms with van der Waals surface area (Å²) in [7, 11) is 0. The molecule has 1 N–H and O–H groups in total. The standard InChI is InChI=1S/C13H16N2OS/c1-3-9-14-15(10-11-17-2)13(16)12-7-5-4-6-8-12/h1,4-8,14H,9-11H2,2H3. The quantitative estimate of drug-likeness (QED) is 0.613. The molecule has 0 heterocycles. The first-order valence-corrected chi connectivity index (χ1v) is 6.71. The Labute approximate surface area is 107 Å². The molecule has 4 heteroatoms. The van der Waals surface area contributed by atoms with Crippen LogP contribution >= 0.6 is 11.8 Å². The van der Waals surface area contributed by atoms with Crippen LogP contribution in [0.5, 0.6) is 0 Å². The highest BCUT2D eigenvalue weighted by Gasteiger charge is 2.13. The Hall–Kier alpha value is -1.44. The molecule has 0 saturated heterocycles. The van der Waals surface area contributed by atoms with Gasteiger partial charge in [-0.15, -0.1) is 6.42 Å². The summed E-state index contributed by atoms with van der Waals surface area (Å²) in [5.41, 5.74) is 3.60. The van der Waals surface area contributed by atoms with E-state index in [1.54, 1.807) is 28.9 Å². The van der Waals surface area contributed by atoms with Crippen molar-refractivity contribution in [3.63, 3.8) is 0 Å². The molecule has 0 aromatic heterocycles. The van der Waals surface area contributed by atoms with E-state index in [9.17, 15) is 4.79 Å². The SMILES string of the molecule is C#CCNN(CCSC)C(=O)c1ccccc1. The van der Waals surface area contributed by atoms with Gasteiger partial charge in [-0.2, -0.15) is 11.8 Å². The zero-order valence-electron chi connectivity index (χ0n) is 9.85. The Morgan fingerprint density at radius 1 is 1.47 bits per heavy atom. The first kappa shape index (κ1) is 13.6. The Kier molecular flexibility index (Phi) is 6.23. The largest absolute Gasteiger partial charge is 0.272 e. The topological polar surface area (TPSA) is 32.3 Å². The molecule has 0 aliphatic rings. The second kappa shape index (κ2) is 7.77. The predicted molar refractivity (Wildman–Crippen MR) is 72.7 cm³/mol. The van der Waals surface area contributed by atoms with Gasteiger partial charge in [-0.25, -0.2) is 5.43 Å². The van der Waals surface area contributed by atoms with Crippen LogP contribution in [0.4, 0.5) is 0 Å². The summed E-state index contributed by atoms with van der Waals surface area (Å²) < 4.78 is 0. The fourth-order valence-electron chi connectivity index (χ4n) is 1.31. The molecule has 0 saturated carbocycles. The van der Waals surface area contributed by atoms with Crippen molar-refractivity contribution in [3.05, 3.63) is 35.9 Å². The number of rotatable bonds is 6. The van der Waals surface area contributed by atoms with Crippen molar-refractivity contribution in [2.24, 2.45) is 0 Å². The van der Waals surface area contributed by atoms with Gasteiger partial charge in [-0.1, -0.05) is 24.1 Å². The van der Waals surface area contributed by atoms with Gasteiger partial charge in [0.2, 0.25) is 0 Å². The number of hydrogen-bond acceptors (Lipinski definition) is 3. The maximum atomic E-state index is 12.1. The summed E-state index contributed by atoms with van der Waals surface area (Å²) in [6.07, 6.45) is 7.19. The number of hydrogen-bond donors (Lipinski definition) is 1. The van der Waals surface area contributed by atoms with E-state index in [1.165, 1.54) is 0 Å². The Morgan fingerprint density at radius 2 is 2.18 bits per heavy atom. The number of nitrogens with one attached hydrogen (secondary N) is 1. The minimum atomic E-state index is -0.0464. The van der Waals surface area contributed by atoms with E-state index in [4.69, 9.17) is 6.42 Å². The number of thioether (sulfide) groups is 1. The van der Waals surface area contributed by atoms with Crippen LogP contribution in [0.25, 0.3) is 0 Å². The third kappa shape index (κ3) is 4.51. The average molecular weight is 248 g/mol. The first-order valence-electron chi connectivity index (χ1n) is 5.32. The van der Waals surface area contributed by atoms with E-state index in [0.717, 1.165) is 5.75 Å². The number of benzene rings is 1. The van der Waals surface area contributed by atoms with Gasteiger partial charge in [0.25, 0.3) is 5.91 Å². The number of hydrazine groups is 1. The van der Waals surface area contributed by atoms with Gasteiger partial charge < -0.3 is 0 Å². The minimum Gasteiger partial charge on any atom is -0.272 e. The van der Waals surface area contributed by atoms with Gasteiger partial charge in [0.1, 0.15) is 0 Å². The van der Waals surface area contributed by atoms with Crippen LogP contribution in [-0.4, -0.2) is 36.0 Å². The summed E-state index contributed by atoms with van der Waals surface area (Å²) in [5, 5.41) is 1.58. The van der Waals surface area contributed by atoms with Crippen LogP contribution in [0, 0.1) is 12.3 Å². The molecular weight excluding hydrogens is 232 g/mol. The van der Waals surface area contributed by atoms with E-state index < -0.39 is 0 Å². The van der Waals surface area contributed by atoms with Crippen molar-refractivity contribution < 1.29 is 4.79 Å². The number of nitrogens with zero attached hydrogens (tertiary/aromatic N) is 1. The molecule has 90 valence electrons. The molecule has 3 nitrogen and oxygen atoms in total. The van der Waals surface area contributed by atoms with E-state index >= 15 is 0 Å². The zero-order valence-corrected chi connectivity index (χ0v) is 10.7. The second-order valence-electron chi connectivity index (χ2n) is 3.35. The highest BCUT2D eigenvalue weighted by atomic mass is 32.2. The number of carbonyl (C=O) groups excluding carboxylic acids is 1. The zero-order chi connectivity index (χ0) is 12.5. The summed E-state index contributed by atoms with van der Waals surface area (Å²) in [5.74, 6) is 3.29. The molecule has 0 unspecified atom stereocenters. The lowest BCUT2D eigenvalue weighted by Crippen LogP contribution is -2.44. The molecule has 1 rings (SSSR count). The summed E-state index contributed by atoms with van der Waals surface area (Å²) >= 11 is 1.69. The lowest BCUT2D eigenvalue weighted by molar-refractivity contribution is 0.0685. The van der Waals surface area contributed by atoms with Crippen LogP contribution in [0.3, 0.4) is 0 Å². The molecule has 0 spiro atoms. The number of amides is 1. The molecule has 0 aliphatic carbocycles. The Balaban J connectivity index is 2.68. The van der Waals surface area contributed by atoms with Gasteiger partial charge in [-0.05, 0) is 18.4 Å². The summed E-state index contributed by atoms with van der Waals surface area (Å²) in [6, 6.07) is 9.18. The highest BCUT2D eigenvalue weighted by molar-refractivity contribution is 7.98.